The first-order chi connectivity index (χ1) is 12.8. The van der Waals surface area contributed by atoms with E-state index in [1.54, 1.807) is 6.07 Å². The van der Waals surface area contributed by atoms with Gasteiger partial charge in [-0.2, -0.15) is 0 Å². The number of nitro benzene ring substituents is 1. The second-order valence-electron chi connectivity index (χ2n) is 6.47. The molecule has 142 valence electrons. The zero-order valence-corrected chi connectivity index (χ0v) is 15.5. The highest BCUT2D eigenvalue weighted by atomic mass is 16.6. The van der Waals surface area contributed by atoms with Gasteiger partial charge in [-0.15, -0.1) is 0 Å². The molecule has 7 nitrogen and oxygen atoms in total. The van der Waals surface area contributed by atoms with Crippen molar-refractivity contribution in [3.8, 4) is 0 Å². The second kappa shape index (κ2) is 8.93. The number of rotatable bonds is 7. The van der Waals surface area contributed by atoms with Gasteiger partial charge in [0.2, 0.25) is 0 Å². The van der Waals surface area contributed by atoms with Crippen LogP contribution < -0.4 is 5.32 Å². The minimum atomic E-state index is -0.701. The van der Waals surface area contributed by atoms with E-state index in [1.165, 1.54) is 18.2 Å². The number of nitro groups is 1. The van der Waals surface area contributed by atoms with E-state index in [1.807, 2.05) is 39.0 Å². The molecule has 0 heterocycles. The number of aryl methyl sites for hydroxylation is 1. The summed E-state index contributed by atoms with van der Waals surface area (Å²) in [5, 5.41) is 13.8. The van der Waals surface area contributed by atoms with E-state index in [9.17, 15) is 19.7 Å². The Kier molecular flexibility index (Phi) is 6.65. The Bertz CT molecular complexity index is 861. The summed E-state index contributed by atoms with van der Waals surface area (Å²) in [6, 6.07) is 11.7. The van der Waals surface area contributed by atoms with Crippen LogP contribution in [0.3, 0.4) is 0 Å². The predicted octanol–water partition coefficient (Wildman–Crippen LogP) is 3.75. The number of nitrogens with one attached hydrogen (secondary N) is 1. The molecule has 0 aliphatic heterocycles. The first-order valence-electron chi connectivity index (χ1n) is 8.57. The Balaban J connectivity index is 1.97. The van der Waals surface area contributed by atoms with E-state index in [-0.39, 0.29) is 23.6 Å². The van der Waals surface area contributed by atoms with Gasteiger partial charge in [-0.05, 0) is 24.0 Å². The molecule has 0 radical (unpaired) electrons. The van der Waals surface area contributed by atoms with Gasteiger partial charge in [0.25, 0.3) is 11.6 Å². The molecule has 0 unspecified atom stereocenters. The average Bonchev–Trinajstić information content (AvgIpc) is 2.61. The van der Waals surface area contributed by atoms with E-state index in [0.29, 0.717) is 5.69 Å². The molecule has 0 saturated carbocycles. The Labute approximate surface area is 157 Å². The number of hydrogen-bond donors (Lipinski definition) is 1. The van der Waals surface area contributed by atoms with E-state index >= 15 is 0 Å². The van der Waals surface area contributed by atoms with Crippen molar-refractivity contribution in [3.05, 3.63) is 69.3 Å². The van der Waals surface area contributed by atoms with Crippen LogP contribution in [0, 0.1) is 17.0 Å². The Morgan fingerprint density at radius 2 is 1.85 bits per heavy atom. The minimum Gasteiger partial charge on any atom is -0.455 e. The summed E-state index contributed by atoms with van der Waals surface area (Å²) in [5.74, 6) is -0.934. The lowest BCUT2D eigenvalue weighted by molar-refractivity contribution is -0.385. The lowest BCUT2D eigenvalue weighted by Gasteiger charge is -2.16. The van der Waals surface area contributed by atoms with Gasteiger partial charge in [0, 0.05) is 17.3 Å². The number of benzene rings is 2. The minimum absolute atomic E-state index is 0.152. The molecular weight excluding hydrogens is 348 g/mol. The number of esters is 1. The number of para-hydroxylation sites is 2. The van der Waals surface area contributed by atoms with Gasteiger partial charge >= 0.3 is 5.97 Å². The van der Waals surface area contributed by atoms with Gasteiger partial charge in [0.05, 0.1) is 11.3 Å². The zero-order valence-electron chi connectivity index (χ0n) is 15.5. The Morgan fingerprint density at radius 3 is 2.52 bits per heavy atom. The van der Waals surface area contributed by atoms with Crippen molar-refractivity contribution in [1.82, 2.24) is 0 Å². The van der Waals surface area contributed by atoms with Gasteiger partial charge in [0.1, 0.15) is 0 Å². The fourth-order valence-electron chi connectivity index (χ4n) is 2.71. The molecule has 2 aromatic carbocycles. The van der Waals surface area contributed by atoms with Crippen molar-refractivity contribution >= 4 is 23.3 Å². The summed E-state index contributed by atoms with van der Waals surface area (Å²) >= 11 is 0. The molecule has 0 saturated heterocycles. The summed E-state index contributed by atoms with van der Waals surface area (Å²) < 4.78 is 4.98. The summed E-state index contributed by atoms with van der Waals surface area (Å²) in [6.45, 7) is 5.49. The third kappa shape index (κ3) is 5.37. The molecule has 0 bridgehead atoms. The molecule has 0 atom stereocenters. The Hall–Kier alpha value is -3.22. The van der Waals surface area contributed by atoms with E-state index in [4.69, 9.17) is 4.74 Å². The maximum absolute atomic E-state index is 12.2. The highest BCUT2D eigenvalue weighted by Gasteiger charge is 2.18. The smallest absolute Gasteiger partial charge is 0.311 e. The summed E-state index contributed by atoms with van der Waals surface area (Å²) in [5.41, 5.74) is 2.72. The molecule has 2 aromatic rings. The number of hydrogen-bond acceptors (Lipinski definition) is 5. The normalized spacial score (nSPS) is 10.5. The first-order valence-corrected chi connectivity index (χ1v) is 8.57. The SMILES string of the molecule is Cc1cccc(C(C)C)c1NC(=O)COC(=O)Cc1ccccc1[N+](=O)[O-]. The molecule has 1 N–H and O–H groups in total. The lowest BCUT2D eigenvalue weighted by atomic mass is 9.98. The number of anilines is 1. The zero-order chi connectivity index (χ0) is 20.0. The van der Waals surface area contributed by atoms with Gasteiger partial charge in [-0.3, -0.25) is 19.7 Å². The number of amides is 1. The summed E-state index contributed by atoms with van der Waals surface area (Å²) in [6.07, 6.45) is -0.272. The molecule has 7 heteroatoms. The number of ether oxygens (including phenoxy) is 1. The van der Waals surface area contributed by atoms with Crippen molar-refractivity contribution in [2.75, 3.05) is 11.9 Å². The highest BCUT2D eigenvalue weighted by Crippen LogP contribution is 2.27. The fourth-order valence-corrected chi connectivity index (χ4v) is 2.71. The predicted molar refractivity (Wildman–Crippen MR) is 102 cm³/mol. The third-order valence-corrected chi connectivity index (χ3v) is 4.08. The molecule has 1 amide bonds. The van der Waals surface area contributed by atoms with Gasteiger partial charge in [0.15, 0.2) is 6.61 Å². The molecule has 0 aliphatic rings. The number of carbonyl (C=O) groups excluding carboxylic acids is 2. The largest absolute Gasteiger partial charge is 0.455 e. The van der Waals surface area contributed by atoms with Crippen LogP contribution in [0.4, 0.5) is 11.4 Å². The Morgan fingerprint density at radius 1 is 1.15 bits per heavy atom. The second-order valence-corrected chi connectivity index (χ2v) is 6.47. The molecule has 0 spiro atoms. The highest BCUT2D eigenvalue weighted by molar-refractivity contribution is 5.94. The van der Waals surface area contributed by atoms with Gasteiger partial charge < -0.3 is 10.1 Å². The van der Waals surface area contributed by atoms with Crippen LogP contribution in [0.2, 0.25) is 0 Å². The van der Waals surface area contributed by atoms with E-state index in [0.717, 1.165) is 11.1 Å². The first kappa shape index (κ1) is 20.1. The fraction of sp³-hybridized carbons (Fsp3) is 0.300. The van der Waals surface area contributed by atoms with Crippen LogP contribution in [0.5, 0.6) is 0 Å². The summed E-state index contributed by atoms with van der Waals surface area (Å²) in [4.78, 5) is 34.6. The maximum atomic E-state index is 12.2. The van der Waals surface area contributed by atoms with Gasteiger partial charge in [-0.25, -0.2) is 0 Å². The monoisotopic (exact) mass is 370 g/mol. The van der Waals surface area contributed by atoms with Crippen LogP contribution in [0.25, 0.3) is 0 Å². The van der Waals surface area contributed by atoms with Crippen molar-refractivity contribution in [2.45, 2.75) is 33.1 Å². The van der Waals surface area contributed by atoms with Crippen LogP contribution in [0.1, 0.15) is 36.5 Å². The van der Waals surface area contributed by atoms with Gasteiger partial charge in [-0.1, -0.05) is 50.2 Å². The van der Waals surface area contributed by atoms with E-state index < -0.39 is 23.4 Å². The molecule has 27 heavy (non-hydrogen) atoms. The lowest BCUT2D eigenvalue weighted by Crippen LogP contribution is -2.23. The number of nitrogens with zero attached hydrogens (tertiary/aromatic N) is 1. The van der Waals surface area contributed by atoms with E-state index in [2.05, 4.69) is 5.32 Å². The topological polar surface area (TPSA) is 98.5 Å². The molecule has 0 aromatic heterocycles. The molecule has 2 rings (SSSR count). The number of carbonyl (C=O) groups is 2. The molecule has 0 fully saturated rings. The van der Waals surface area contributed by atoms with Crippen LogP contribution in [-0.2, 0) is 20.7 Å². The van der Waals surface area contributed by atoms with Crippen molar-refractivity contribution in [2.24, 2.45) is 0 Å². The van der Waals surface area contributed by atoms with Crippen molar-refractivity contribution < 1.29 is 19.2 Å². The average molecular weight is 370 g/mol. The van der Waals surface area contributed by atoms with Crippen LogP contribution in [-0.4, -0.2) is 23.4 Å². The van der Waals surface area contributed by atoms with Crippen LogP contribution >= 0.6 is 0 Å². The van der Waals surface area contributed by atoms with Crippen molar-refractivity contribution in [3.63, 3.8) is 0 Å². The quantitative estimate of drug-likeness (QED) is 0.455. The summed E-state index contributed by atoms with van der Waals surface area (Å²) in [7, 11) is 0. The van der Waals surface area contributed by atoms with Crippen LogP contribution in [0.15, 0.2) is 42.5 Å². The van der Waals surface area contributed by atoms with Crippen molar-refractivity contribution in [1.29, 1.82) is 0 Å². The molecular formula is C20H22N2O5. The third-order valence-electron chi connectivity index (χ3n) is 4.08. The molecule has 0 aliphatic carbocycles. The maximum Gasteiger partial charge on any atom is 0.311 e. The standard InChI is InChI=1S/C20H22N2O5/c1-13(2)16-9-6-7-14(3)20(16)21-18(23)12-27-19(24)11-15-8-4-5-10-17(15)22(25)26/h4-10,13H,11-12H2,1-3H3,(H,21,23).